The topological polar surface area (TPSA) is 33.6 Å². The van der Waals surface area contributed by atoms with Crippen molar-refractivity contribution in [1.29, 1.82) is 0 Å². The minimum atomic E-state index is -4.38. The SMILES string of the molecule is CCCCCCOc1ccccc1C=NNc1cccc(C(F)(F)F)c1. The van der Waals surface area contributed by atoms with E-state index in [1.807, 2.05) is 24.3 Å². The second kappa shape index (κ2) is 9.85. The molecule has 0 spiro atoms. The van der Waals surface area contributed by atoms with Gasteiger partial charge < -0.3 is 4.74 Å². The molecule has 140 valence electrons. The van der Waals surface area contributed by atoms with E-state index >= 15 is 0 Å². The summed E-state index contributed by atoms with van der Waals surface area (Å²) in [4.78, 5) is 0. The molecule has 0 unspecified atom stereocenters. The molecule has 0 heterocycles. The summed E-state index contributed by atoms with van der Waals surface area (Å²) in [6.45, 7) is 2.79. The van der Waals surface area contributed by atoms with E-state index in [1.54, 1.807) is 6.21 Å². The lowest BCUT2D eigenvalue weighted by Crippen LogP contribution is -2.05. The fourth-order valence-electron chi connectivity index (χ4n) is 2.37. The number of benzene rings is 2. The lowest BCUT2D eigenvalue weighted by molar-refractivity contribution is -0.137. The third-order valence-corrected chi connectivity index (χ3v) is 3.76. The average Bonchev–Trinajstić information content (AvgIpc) is 2.62. The van der Waals surface area contributed by atoms with Crippen LogP contribution in [0.15, 0.2) is 53.6 Å². The van der Waals surface area contributed by atoms with Gasteiger partial charge in [-0.3, -0.25) is 5.43 Å². The zero-order valence-corrected chi connectivity index (χ0v) is 14.7. The molecule has 1 N–H and O–H groups in total. The van der Waals surface area contributed by atoms with Gasteiger partial charge in [-0.05, 0) is 36.8 Å². The standard InChI is InChI=1S/C20H23F3N2O/c1-2-3-4-7-13-26-19-12-6-5-9-16(19)15-24-25-18-11-8-10-17(14-18)20(21,22)23/h5-6,8-12,14-15,25H,2-4,7,13H2,1H3. The first kappa shape index (κ1) is 19.8. The Kier molecular flexibility index (Phi) is 7.51. The second-order valence-corrected chi connectivity index (χ2v) is 5.90. The number of halogens is 3. The molecule has 26 heavy (non-hydrogen) atoms. The van der Waals surface area contributed by atoms with E-state index in [1.165, 1.54) is 25.0 Å². The molecule has 2 aromatic rings. The molecule has 6 heteroatoms. The van der Waals surface area contributed by atoms with Crippen molar-refractivity contribution in [2.45, 2.75) is 38.8 Å². The molecule has 0 aliphatic rings. The highest BCUT2D eigenvalue weighted by atomic mass is 19.4. The van der Waals surface area contributed by atoms with Crippen LogP contribution in [0.1, 0.15) is 43.7 Å². The maximum Gasteiger partial charge on any atom is 0.416 e. The molecule has 0 saturated heterocycles. The van der Waals surface area contributed by atoms with Gasteiger partial charge in [0.25, 0.3) is 0 Å². The van der Waals surface area contributed by atoms with Crippen LogP contribution in [0.5, 0.6) is 5.75 Å². The van der Waals surface area contributed by atoms with Gasteiger partial charge in [-0.1, -0.05) is 44.4 Å². The number of ether oxygens (including phenoxy) is 1. The van der Waals surface area contributed by atoms with Crippen molar-refractivity contribution >= 4 is 11.9 Å². The molecule has 0 aliphatic carbocycles. The zero-order chi connectivity index (χ0) is 18.8. The molecular weight excluding hydrogens is 341 g/mol. The van der Waals surface area contributed by atoms with Gasteiger partial charge in [0.05, 0.1) is 24.1 Å². The molecule has 2 rings (SSSR count). The van der Waals surface area contributed by atoms with Crippen LogP contribution >= 0.6 is 0 Å². The summed E-state index contributed by atoms with van der Waals surface area (Å²) in [5.74, 6) is 0.707. The third-order valence-electron chi connectivity index (χ3n) is 3.76. The Morgan fingerprint density at radius 3 is 2.62 bits per heavy atom. The summed E-state index contributed by atoms with van der Waals surface area (Å²) in [5.41, 5.74) is 2.95. The van der Waals surface area contributed by atoms with Crippen LogP contribution in [0.25, 0.3) is 0 Å². The molecule has 0 aliphatic heterocycles. The quantitative estimate of drug-likeness (QED) is 0.331. The number of hydrogen-bond donors (Lipinski definition) is 1. The Hall–Kier alpha value is -2.50. The number of rotatable bonds is 9. The van der Waals surface area contributed by atoms with Gasteiger partial charge in [0, 0.05) is 5.56 Å². The van der Waals surface area contributed by atoms with Crippen LogP contribution in [0.3, 0.4) is 0 Å². The summed E-state index contributed by atoms with van der Waals surface area (Å²) in [6.07, 6.45) is 1.64. The highest BCUT2D eigenvalue weighted by Gasteiger charge is 2.30. The van der Waals surface area contributed by atoms with Crippen molar-refractivity contribution in [3.8, 4) is 5.75 Å². The lowest BCUT2D eigenvalue weighted by atomic mass is 10.2. The van der Waals surface area contributed by atoms with Crippen LogP contribution in [0.4, 0.5) is 18.9 Å². The molecular formula is C20H23F3N2O. The molecule has 0 saturated carbocycles. The first-order valence-electron chi connectivity index (χ1n) is 8.69. The minimum Gasteiger partial charge on any atom is -0.493 e. The number of unbranched alkanes of at least 4 members (excludes halogenated alkanes) is 3. The van der Waals surface area contributed by atoms with E-state index in [4.69, 9.17) is 4.74 Å². The van der Waals surface area contributed by atoms with Crippen molar-refractivity contribution in [3.63, 3.8) is 0 Å². The Morgan fingerprint density at radius 1 is 1.04 bits per heavy atom. The summed E-state index contributed by atoms with van der Waals surface area (Å²) in [6, 6.07) is 12.3. The number of nitrogens with one attached hydrogen (secondary N) is 1. The first-order valence-corrected chi connectivity index (χ1v) is 8.69. The average molecular weight is 364 g/mol. The third kappa shape index (κ3) is 6.43. The van der Waals surface area contributed by atoms with Gasteiger partial charge in [0.15, 0.2) is 0 Å². The van der Waals surface area contributed by atoms with E-state index in [-0.39, 0.29) is 5.69 Å². The van der Waals surface area contributed by atoms with Crippen LogP contribution in [-0.2, 0) is 6.18 Å². The molecule has 0 fully saturated rings. The van der Waals surface area contributed by atoms with Crippen molar-refractivity contribution in [2.24, 2.45) is 5.10 Å². The Bertz CT molecular complexity index is 714. The number of alkyl halides is 3. The van der Waals surface area contributed by atoms with Crippen molar-refractivity contribution in [3.05, 3.63) is 59.7 Å². The van der Waals surface area contributed by atoms with Gasteiger partial charge in [0.1, 0.15) is 5.75 Å². The molecule has 0 atom stereocenters. The van der Waals surface area contributed by atoms with Crippen LogP contribution in [0, 0.1) is 0 Å². The summed E-state index contributed by atoms with van der Waals surface area (Å²) >= 11 is 0. The number of anilines is 1. The molecule has 0 aromatic heterocycles. The smallest absolute Gasteiger partial charge is 0.416 e. The number of hydrazone groups is 1. The van der Waals surface area contributed by atoms with Crippen molar-refractivity contribution in [2.75, 3.05) is 12.0 Å². The number of nitrogens with zero attached hydrogens (tertiary/aromatic N) is 1. The molecule has 2 aromatic carbocycles. The number of hydrogen-bond acceptors (Lipinski definition) is 3. The highest BCUT2D eigenvalue weighted by Crippen LogP contribution is 2.30. The van der Waals surface area contributed by atoms with Gasteiger partial charge in [-0.15, -0.1) is 0 Å². The lowest BCUT2D eigenvalue weighted by Gasteiger charge is -2.09. The van der Waals surface area contributed by atoms with Crippen LogP contribution in [0.2, 0.25) is 0 Å². The zero-order valence-electron chi connectivity index (χ0n) is 14.7. The van der Waals surface area contributed by atoms with Gasteiger partial charge in [-0.25, -0.2) is 0 Å². The van der Waals surface area contributed by atoms with Crippen molar-refractivity contribution in [1.82, 2.24) is 0 Å². The Labute approximate surface area is 151 Å². The second-order valence-electron chi connectivity index (χ2n) is 5.90. The van der Waals surface area contributed by atoms with E-state index in [2.05, 4.69) is 17.5 Å². The van der Waals surface area contributed by atoms with Crippen molar-refractivity contribution < 1.29 is 17.9 Å². The van der Waals surface area contributed by atoms with Gasteiger partial charge >= 0.3 is 6.18 Å². The molecule has 3 nitrogen and oxygen atoms in total. The van der Waals surface area contributed by atoms with Crippen LogP contribution < -0.4 is 10.2 Å². The molecule has 0 amide bonds. The maximum atomic E-state index is 12.7. The first-order chi connectivity index (χ1) is 12.5. The fourth-order valence-corrected chi connectivity index (χ4v) is 2.37. The summed E-state index contributed by atoms with van der Waals surface area (Å²) < 4.78 is 43.9. The van der Waals surface area contributed by atoms with E-state index in [9.17, 15) is 13.2 Å². The van der Waals surface area contributed by atoms with Gasteiger partial charge in [0.2, 0.25) is 0 Å². The Balaban J connectivity index is 1.96. The van der Waals surface area contributed by atoms with Crippen LogP contribution in [-0.4, -0.2) is 12.8 Å². The highest BCUT2D eigenvalue weighted by molar-refractivity contribution is 5.84. The minimum absolute atomic E-state index is 0.272. The predicted octanol–water partition coefficient (Wildman–Crippen LogP) is 6.11. The largest absolute Gasteiger partial charge is 0.493 e. The fraction of sp³-hybridized carbons (Fsp3) is 0.350. The van der Waals surface area contributed by atoms with E-state index in [0.29, 0.717) is 12.4 Å². The summed E-state index contributed by atoms with van der Waals surface area (Å²) in [7, 11) is 0. The maximum absolute atomic E-state index is 12.7. The molecule has 0 radical (unpaired) electrons. The summed E-state index contributed by atoms with van der Waals surface area (Å²) in [5, 5.41) is 4.03. The van der Waals surface area contributed by atoms with Gasteiger partial charge in [-0.2, -0.15) is 18.3 Å². The predicted molar refractivity (Wildman–Crippen MR) is 98.7 cm³/mol. The van der Waals surface area contributed by atoms with E-state index in [0.717, 1.165) is 30.5 Å². The number of para-hydroxylation sites is 1. The Morgan fingerprint density at radius 2 is 1.85 bits per heavy atom. The molecule has 0 bridgehead atoms. The monoisotopic (exact) mass is 364 g/mol. The van der Waals surface area contributed by atoms with E-state index < -0.39 is 11.7 Å². The normalized spacial score (nSPS) is 11.7.